The first-order chi connectivity index (χ1) is 24.0. The normalized spacial score (nSPS) is 13.0. The maximum atomic E-state index is 5.83. The van der Waals surface area contributed by atoms with Gasteiger partial charge in [-0.3, -0.25) is 4.99 Å². The number of fused-ring (bicyclic) bond motifs is 1. The maximum Gasteiger partial charge on any atom is 0.133 e. The van der Waals surface area contributed by atoms with Crippen LogP contribution >= 0.6 is 0 Å². The summed E-state index contributed by atoms with van der Waals surface area (Å²) in [6.45, 7) is 23.2. The Hall–Kier alpha value is -5.16. The van der Waals surface area contributed by atoms with Gasteiger partial charge in [0.2, 0.25) is 0 Å². The van der Waals surface area contributed by atoms with Crippen LogP contribution in [0.1, 0.15) is 74.2 Å². The second kappa shape index (κ2) is 14.8. The molecule has 256 valence electrons. The molecule has 0 saturated heterocycles. The Morgan fingerprint density at radius 2 is 1.64 bits per heavy atom. The topological polar surface area (TPSA) is 51.4 Å². The van der Waals surface area contributed by atoms with Crippen molar-refractivity contribution in [1.82, 2.24) is 14.9 Å². The first-order valence-electron chi connectivity index (χ1n) is 17.7. The summed E-state index contributed by atoms with van der Waals surface area (Å²) < 4.78 is 8.23. The number of aliphatic imine (C=N–C) groups is 1. The number of imidazole rings is 1. The minimum atomic E-state index is 0.0564. The first-order valence-corrected chi connectivity index (χ1v) is 17.7. The summed E-state index contributed by atoms with van der Waals surface area (Å²) in [5, 5.41) is 3.34. The van der Waals surface area contributed by atoms with Gasteiger partial charge < -0.3 is 14.6 Å². The molecule has 5 heteroatoms. The van der Waals surface area contributed by atoms with Crippen molar-refractivity contribution in [3.05, 3.63) is 150 Å². The van der Waals surface area contributed by atoms with Crippen LogP contribution in [0.5, 0.6) is 5.75 Å². The molecule has 1 aliphatic rings. The summed E-state index contributed by atoms with van der Waals surface area (Å²) in [5.74, 6) is 2.92. The molecule has 2 heterocycles. The summed E-state index contributed by atoms with van der Waals surface area (Å²) in [4.78, 5) is 9.79. The number of aryl methyl sites for hydroxylation is 2. The van der Waals surface area contributed by atoms with Gasteiger partial charge >= 0.3 is 0 Å². The van der Waals surface area contributed by atoms with Crippen molar-refractivity contribution in [2.45, 2.75) is 66.3 Å². The van der Waals surface area contributed by atoms with Crippen molar-refractivity contribution in [2.24, 2.45) is 10.4 Å². The number of amidine groups is 1. The van der Waals surface area contributed by atoms with Crippen molar-refractivity contribution in [3.8, 4) is 16.9 Å². The van der Waals surface area contributed by atoms with Crippen LogP contribution in [0.15, 0.2) is 121 Å². The highest BCUT2D eigenvalue weighted by Gasteiger charge is 2.19. The fourth-order valence-corrected chi connectivity index (χ4v) is 6.61. The monoisotopic (exact) mass is 662 g/mol. The van der Waals surface area contributed by atoms with Gasteiger partial charge in [-0.05, 0) is 76.6 Å². The minimum absolute atomic E-state index is 0.0564. The van der Waals surface area contributed by atoms with Crippen molar-refractivity contribution >= 4 is 22.4 Å². The number of ether oxygens (including phenoxy) is 1. The molecule has 1 N–H and O–H groups in total. The van der Waals surface area contributed by atoms with Crippen LogP contribution in [-0.2, 0) is 25.8 Å². The van der Waals surface area contributed by atoms with E-state index in [0.29, 0.717) is 6.54 Å². The second-order valence-corrected chi connectivity index (χ2v) is 14.5. The van der Waals surface area contributed by atoms with Gasteiger partial charge in [0.05, 0.1) is 24.7 Å². The van der Waals surface area contributed by atoms with Crippen LogP contribution in [0.3, 0.4) is 0 Å². The Kier molecular flexibility index (Phi) is 10.2. The molecule has 0 unspecified atom stereocenters. The van der Waals surface area contributed by atoms with Gasteiger partial charge in [-0.25, -0.2) is 4.98 Å². The average molecular weight is 663 g/mol. The van der Waals surface area contributed by atoms with E-state index in [4.69, 9.17) is 9.72 Å². The zero-order valence-electron chi connectivity index (χ0n) is 30.4. The van der Waals surface area contributed by atoms with E-state index in [1.165, 1.54) is 27.8 Å². The number of nitrogens with zero attached hydrogens (tertiary/aromatic N) is 3. The average Bonchev–Trinajstić information content (AvgIpc) is 3.70. The molecule has 0 spiro atoms. The molecule has 0 atom stereocenters. The van der Waals surface area contributed by atoms with Crippen LogP contribution in [-0.4, -0.2) is 29.0 Å². The molecule has 0 saturated carbocycles. The molecule has 4 aromatic carbocycles. The van der Waals surface area contributed by atoms with Crippen molar-refractivity contribution < 1.29 is 4.74 Å². The number of methoxy groups -OCH3 is 1. The number of rotatable bonds is 13. The van der Waals surface area contributed by atoms with Gasteiger partial charge in [0.15, 0.2) is 0 Å². The van der Waals surface area contributed by atoms with Crippen molar-refractivity contribution in [1.29, 1.82) is 0 Å². The van der Waals surface area contributed by atoms with Crippen molar-refractivity contribution in [3.63, 3.8) is 0 Å². The lowest BCUT2D eigenvalue weighted by atomic mass is 9.83. The van der Waals surface area contributed by atoms with E-state index in [-0.39, 0.29) is 5.41 Å². The predicted molar refractivity (Wildman–Crippen MR) is 211 cm³/mol. The molecule has 6 rings (SSSR count). The third-order valence-corrected chi connectivity index (χ3v) is 9.74. The summed E-state index contributed by atoms with van der Waals surface area (Å²) in [6, 6.07) is 30.4. The zero-order chi connectivity index (χ0) is 35.4. The third-order valence-electron chi connectivity index (χ3n) is 9.74. The van der Waals surface area contributed by atoms with E-state index in [0.717, 1.165) is 95.1 Å². The fourth-order valence-electron chi connectivity index (χ4n) is 6.61. The summed E-state index contributed by atoms with van der Waals surface area (Å²) in [6.07, 6.45) is 4.47. The SMILES string of the molecule is C=C1CN=C(c2ccccc2-c2ccc(Cn3c(CCC)nc4cccc(C(=C)CCc5ccc(CC(=C)C(C)(C)C)c(OC)c5)c43)cc2)N1. The lowest BCUT2D eigenvalue weighted by Gasteiger charge is -2.23. The molecule has 0 bridgehead atoms. The van der Waals surface area contributed by atoms with Crippen LogP contribution in [0.25, 0.3) is 27.7 Å². The van der Waals surface area contributed by atoms with E-state index in [1.807, 2.05) is 0 Å². The summed E-state index contributed by atoms with van der Waals surface area (Å²) in [5.41, 5.74) is 13.7. The molecule has 5 aromatic rings. The number of nitrogens with one attached hydrogen (secondary N) is 1. The van der Waals surface area contributed by atoms with Crippen LogP contribution in [0.2, 0.25) is 0 Å². The van der Waals surface area contributed by atoms with E-state index in [2.05, 4.69) is 147 Å². The quantitative estimate of drug-likeness (QED) is 0.128. The predicted octanol–water partition coefficient (Wildman–Crippen LogP) is 10.4. The molecule has 50 heavy (non-hydrogen) atoms. The van der Waals surface area contributed by atoms with E-state index >= 15 is 0 Å². The largest absolute Gasteiger partial charge is 0.496 e. The molecular formula is C45H50N4O. The molecule has 0 radical (unpaired) electrons. The van der Waals surface area contributed by atoms with E-state index in [1.54, 1.807) is 7.11 Å². The Balaban J connectivity index is 1.24. The molecule has 1 aliphatic heterocycles. The summed E-state index contributed by atoms with van der Waals surface area (Å²) in [7, 11) is 1.75. The second-order valence-electron chi connectivity index (χ2n) is 14.5. The van der Waals surface area contributed by atoms with Gasteiger partial charge in [-0.15, -0.1) is 0 Å². The maximum absolute atomic E-state index is 5.83. The number of para-hydroxylation sites is 1. The number of allylic oxidation sites excluding steroid dienone is 2. The zero-order valence-corrected chi connectivity index (χ0v) is 30.4. The lowest BCUT2D eigenvalue weighted by molar-refractivity contribution is 0.407. The molecule has 0 aliphatic carbocycles. The van der Waals surface area contributed by atoms with Crippen LogP contribution in [0.4, 0.5) is 0 Å². The highest BCUT2D eigenvalue weighted by Crippen LogP contribution is 2.33. The molecular weight excluding hydrogens is 613 g/mol. The molecule has 5 nitrogen and oxygen atoms in total. The number of hydrogen-bond acceptors (Lipinski definition) is 4. The lowest BCUT2D eigenvalue weighted by Crippen LogP contribution is -2.18. The van der Waals surface area contributed by atoms with Crippen molar-refractivity contribution in [2.75, 3.05) is 13.7 Å². The Morgan fingerprint density at radius 1 is 0.900 bits per heavy atom. The Bertz CT molecular complexity index is 2090. The third kappa shape index (κ3) is 7.52. The Labute approximate surface area is 298 Å². The van der Waals surface area contributed by atoms with Gasteiger partial charge in [-0.2, -0.15) is 0 Å². The van der Waals surface area contributed by atoms with Crippen LogP contribution < -0.4 is 10.1 Å². The highest BCUT2D eigenvalue weighted by molar-refractivity contribution is 6.06. The van der Waals surface area contributed by atoms with Crippen LogP contribution in [0, 0.1) is 5.41 Å². The van der Waals surface area contributed by atoms with Gasteiger partial charge in [-0.1, -0.05) is 126 Å². The highest BCUT2D eigenvalue weighted by atomic mass is 16.5. The van der Waals surface area contributed by atoms with E-state index < -0.39 is 0 Å². The standard InChI is InChI=1S/C45H50N4O/c1-9-13-42-48-40-17-12-16-37(30(2)18-19-33-20-25-36(41(27-33)50-8)26-31(3)45(5,6)7)43(40)49(42)29-34-21-23-35(24-22-34)38-14-10-11-15-39(38)44-46-28-32(4)47-44/h10-12,14-17,20-25,27H,2-4,9,13,18-19,26,28-29H2,1,5-8H3,(H,46,47). The molecule has 0 fully saturated rings. The Morgan fingerprint density at radius 3 is 2.32 bits per heavy atom. The smallest absolute Gasteiger partial charge is 0.133 e. The minimum Gasteiger partial charge on any atom is -0.496 e. The number of aromatic nitrogens is 2. The summed E-state index contributed by atoms with van der Waals surface area (Å²) >= 11 is 0. The van der Waals surface area contributed by atoms with E-state index in [9.17, 15) is 0 Å². The number of benzene rings is 4. The van der Waals surface area contributed by atoms with Gasteiger partial charge in [0, 0.05) is 29.8 Å². The first kappa shape index (κ1) is 34.7. The number of hydrogen-bond donors (Lipinski definition) is 1. The molecule has 0 amide bonds. The fraction of sp³-hybridized carbons (Fsp3) is 0.289. The van der Waals surface area contributed by atoms with Gasteiger partial charge in [0.25, 0.3) is 0 Å². The molecule has 1 aromatic heterocycles. The van der Waals surface area contributed by atoms with Gasteiger partial charge in [0.1, 0.15) is 17.4 Å².